The molecule has 0 atom stereocenters. The lowest BCUT2D eigenvalue weighted by molar-refractivity contribution is 0.660. The van der Waals surface area contributed by atoms with Crippen LogP contribution in [0.4, 0.5) is 17.1 Å². The van der Waals surface area contributed by atoms with E-state index in [1.807, 2.05) is 30.3 Å². The monoisotopic (exact) mass is 673 g/mol. The lowest BCUT2D eigenvalue weighted by atomic mass is 9.82. The van der Waals surface area contributed by atoms with Crippen molar-refractivity contribution in [1.29, 1.82) is 0 Å². The van der Waals surface area contributed by atoms with Gasteiger partial charge < -0.3 is 9.32 Å². The molecule has 1 aliphatic rings. The number of nitrogens with zero attached hydrogens (tertiary/aromatic N) is 1. The molecule has 0 spiro atoms. The molecule has 0 fully saturated rings. The van der Waals surface area contributed by atoms with Gasteiger partial charge >= 0.3 is 0 Å². The van der Waals surface area contributed by atoms with Gasteiger partial charge in [-0.15, -0.1) is 0 Å². The third-order valence-electron chi connectivity index (χ3n) is 9.32. The lowest BCUT2D eigenvalue weighted by Crippen LogP contribution is -2.14. The van der Waals surface area contributed by atoms with Gasteiger partial charge in [-0.3, -0.25) is 0 Å². The number of furan rings is 1. The average Bonchev–Trinajstić information content (AvgIpc) is 3.86. The van der Waals surface area contributed by atoms with Crippen LogP contribution in [0.15, 0.2) is 180 Å². The van der Waals surface area contributed by atoms with Gasteiger partial charge in [-0.2, -0.15) is 0 Å². The highest BCUT2D eigenvalue weighted by atomic mass is 16.3. The van der Waals surface area contributed by atoms with Gasteiger partial charge in [0.05, 0.1) is 33.1 Å². The number of hydrogen-bond acceptors (Lipinski definition) is 2. The summed E-state index contributed by atoms with van der Waals surface area (Å²) in [6, 6.07) is 2.30. The van der Waals surface area contributed by atoms with Crippen molar-refractivity contribution in [3.05, 3.63) is 187 Å². The zero-order chi connectivity index (χ0) is 51.5. The Bertz CT molecular complexity index is 3880. The number of hydrogen-bond donors (Lipinski definition) is 0. The van der Waals surface area contributed by atoms with Gasteiger partial charge in [0.15, 0.2) is 5.58 Å². The van der Waals surface area contributed by atoms with E-state index in [0.717, 1.165) is 10.5 Å². The summed E-state index contributed by atoms with van der Waals surface area (Å²) in [5.74, 6) is 0. The van der Waals surface area contributed by atoms with Gasteiger partial charge in [0.2, 0.25) is 0 Å². The normalized spacial score (nSPS) is 18.5. The van der Waals surface area contributed by atoms with E-state index in [4.69, 9.17) is 23.6 Å². The Labute approximate surface area is 326 Å². The fourth-order valence-corrected chi connectivity index (χ4v) is 6.83. The van der Waals surface area contributed by atoms with Crippen molar-refractivity contribution >= 4 is 49.8 Å². The van der Waals surface area contributed by atoms with Crippen LogP contribution >= 0.6 is 0 Å². The molecule has 8 aromatic carbocycles. The maximum atomic E-state index is 9.79. The van der Waals surface area contributed by atoms with Crippen molar-refractivity contribution in [3.63, 3.8) is 0 Å². The molecule has 2 heteroatoms. The third kappa shape index (κ3) is 4.57. The molecule has 0 aliphatic heterocycles. The van der Waals surface area contributed by atoms with Crippen LogP contribution in [0.25, 0.3) is 66.1 Å². The van der Waals surface area contributed by atoms with Crippen molar-refractivity contribution < 1.29 is 31.8 Å². The molecule has 1 aliphatic carbocycles. The van der Waals surface area contributed by atoms with Crippen LogP contribution in [0.2, 0.25) is 0 Å². The highest BCUT2D eigenvalue weighted by molar-refractivity contribution is 6.17. The zero-order valence-corrected chi connectivity index (χ0v) is 27.1. The van der Waals surface area contributed by atoms with Crippen molar-refractivity contribution in [3.8, 4) is 33.4 Å². The average molecular weight is 674 g/mol. The lowest BCUT2D eigenvalue weighted by Gasteiger charge is -2.26. The summed E-state index contributed by atoms with van der Waals surface area (Å²) >= 11 is 0. The Kier molecular flexibility index (Phi) is 3.48. The van der Waals surface area contributed by atoms with Crippen molar-refractivity contribution in [2.45, 2.75) is 19.3 Å². The Morgan fingerprint density at radius 2 is 1.16 bits per heavy atom. The van der Waals surface area contributed by atoms with Crippen LogP contribution in [0.3, 0.4) is 0 Å². The highest BCUT2D eigenvalue weighted by Gasteiger charge is 2.36. The summed E-state index contributed by atoms with van der Waals surface area (Å²) in [6.07, 6.45) is 0. The molecule has 0 bridgehead atoms. The van der Waals surface area contributed by atoms with Crippen LogP contribution in [0.1, 0.15) is 52.4 Å². The van der Waals surface area contributed by atoms with E-state index in [9.17, 15) is 8.22 Å². The first-order valence-corrected chi connectivity index (χ1v) is 16.1. The zero-order valence-electron chi connectivity index (χ0n) is 47.1. The summed E-state index contributed by atoms with van der Waals surface area (Å²) in [5.41, 5.74) is -2.77. The first-order chi connectivity index (χ1) is 33.4. The Morgan fingerprint density at radius 1 is 0.490 bits per heavy atom. The van der Waals surface area contributed by atoms with Crippen LogP contribution < -0.4 is 4.90 Å². The summed E-state index contributed by atoms with van der Waals surface area (Å²) < 4.78 is 188. The highest BCUT2D eigenvalue weighted by Crippen LogP contribution is 2.52. The molecular formula is C49H35NO. The Balaban J connectivity index is 1.35. The van der Waals surface area contributed by atoms with Gasteiger partial charge in [0.25, 0.3) is 0 Å². The minimum Gasteiger partial charge on any atom is -0.453 e. The predicted molar refractivity (Wildman–Crippen MR) is 214 cm³/mol. The predicted octanol–water partition coefficient (Wildman–Crippen LogP) is 13.8. The minimum atomic E-state index is -1.38. The first kappa shape index (κ1) is 15.7. The Hall–Kier alpha value is -6.38. The van der Waals surface area contributed by atoms with Gasteiger partial charge in [-0.1, -0.05) is 153 Å². The molecule has 0 N–H and O–H groups in total. The fraction of sp³-hybridized carbons (Fsp3) is 0.0612. The second-order valence-corrected chi connectivity index (χ2v) is 12.6. The minimum absolute atomic E-state index is 0.0168. The van der Waals surface area contributed by atoms with Crippen LogP contribution in [-0.4, -0.2) is 0 Å². The van der Waals surface area contributed by atoms with Crippen molar-refractivity contribution in [2.24, 2.45) is 0 Å². The maximum Gasteiger partial charge on any atom is 0.159 e. The molecule has 242 valence electrons. The Morgan fingerprint density at radius 3 is 2.00 bits per heavy atom. The summed E-state index contributed by atoms with van der Waals surface area (Å²) in [4.78, 5) is 1.11. The van der Waals surface area contributed by atoms with E-state index >= 15 is 0 Å². The third-order valence-corrected chi connectivity index (χ3v) is 9.32. The van der Waals surface area contributed by atoms with E-state index in [-0.39, 0.29) is 55.1 Å². The van der Waals surface area contributed by atoms with E-state index in [1.165, 1.54) is 0 Å². The second-order valence-electron chi connectivity index (χ2n) is 12.6. The number of fused-ring (bicyclic) bond motifs is 8. The largest absolute Gasteiger partial charge is 0.453 e. The number of anilines is 3. The molecule has 10 rings (SSSR count). The van der Waals surface area contributed by atoms with E-state index in [2.05, 4.69) is 0 Å². The SMILES string of the molecule is [2H]c1c([2H])c([2H])c2c(c1[2H])-c1c(-c3c([2H])c([2H])c(N(c4ccc(-c5ccccc5)cc4)c4c([2H])c([2H])c([2H])c5c4oc4c6c([2H])c([2H])c([2H])c([2H])c6c([2H])c([2H])c45)c([2H])c3[2H])c([2H])c([2H])c([2H])c1C2(C)C. The van der Waals surface area contributed by atoms with Crippen molar-refractivity contribution in [1.82, 2.24) is 0 Å². The summed E-state index contributed by atoms with van der Waals surface area (Å²) in [6.45, 7) is 3.18. The molecule has 0 radical (unpaired) electrons. The summed E-state index contributed by atoms with van der Waals surface area (Å²) in [5, 5.41) is -1.30. The van der Waals surface area contributed by atoms with E-state index < -0.39 is 154 Å². The van der Waals surface area contributed by atoms with Crippen LogP contribution in [0, 0.1) is 0 Å². The molecule has 0 unspecified atom stereocenters. The van der Waals surface area contributed by atoms with Gasteiger partial charge in [-0.05, 0) is 86.2 Å². The molecule has 9 aromatic rings. The smallest absolute Gasteiger partial charge is 0.159 e. The van der Waals surface area contributed by atoms with Gasteiger partial charge in [0.1, 0.15) is 5.58 Å². The molecule has 0 saturated heterocycles. The van der Waals surface area contributed by atoms with E-state index in [1.54, 1.807) is 38.1 Å². The van der Waals surface area contributed by atoms with Crippen LogP contribution in [-0.2, 0) is 5.41 Å². The second kappa shape index (κ2) is 11.3. The molecule has 0 amide bonds. The number of benzene rings is 8. The molecular weight excluding hydrogens is 619 g/mol. The quantitative estimate of drug-likeness (QED) is 0.181. The number of rotatable bonds is 5. The van der Waals surface area contributed by atoms with Crippen molar-refractivity contribution in [2.75, 3.05) is 4.90 Å². The van der Waals surface area contributed by atoms with Gasteiger partial charge in [0, 0.05) is 32.9 Å². The topological polar surface area (TPSA) is 16.4 Å². The van der Waals surface area contributed by atoms with Gasteiger partial charge in [-0.25, -0.2) is 0 Å². The first-order valence-electron chi connectivity index (χ1n) is 26.1. The van der Waals surface area contributed by atoms with E-state index in [0.29, 0.717) is 5.56 Å². The standard InChI is InChI=1S/C49H35NO/c1-49(2)43-19-9-8-16-42(43)46-38(17-10-20-44(46)49)35-24-29-37(30-25-35)50(36-27-22-33(23-28-36)32-12-4-3-5-13-32)45-21-11-18-40-41-31-26-34-14-6-7-15-39(34)47(41)51-48(40)45/h3-31H,1-2H3/i6D,7D,8D,9D,10D,11D,14D,15D,16D,17D,18D,19D,20D,21D,24D,25D,26D,29D,30D,31D. The maximum absolute atomic E-state index is 9.79. The molecule has 1 aromatic heterocycles. The molecule has 2 nitrogen and oxygen atoms in total. The molecule has 1 heterocycles. The summed E-state index contributed by atoms with van der Waals surface area (Å²) in [7, 11) is 0. The number of para-hydroxylation sites is 1. The van der Waals surface area contributed by atoms with Crippen LogP contribution in [0.5, 0.6) is 0 Å². The molecule has 0 saturated carbocycles. The fourth-order valence-electron chi connectivity index (χ4n) is 6.83. The molecule has 51 heavy (non-hydrogen) atoms.